The second-order valence-electron chi connectivity index (χ2n) is 8.43. The first-order valence-corrected chi connectivity index (χ1v) is 11.8. The summed E-state index contributed by atoms with van der Waals surface area (Å²) >= 11 is 0. The van der Waals surface area contributed by atoms with Gasteiger partial charge in [0.15, 0.2) is 0 Å². The molecule has 0 aromatic rings. The number of aliphatic hydroxyl groups is 1. The van der Waals surface area contributed by atoms with Crippen molar-refractivity contribution < 1.29 is 14.7 Å². The molecule has 2 amide bonds. The maximum Gasteiger partial charge on any atom is 0.234 e. The fraction of sp³-hybridized carbons (Fsp3) is 0.833. The molecule has 1 rings (SSSR count). The van der Waals surface area contributed by atoms with Gasteiger partial charge in [-0.05, 0) is 25.3 Å². The molecule has 1 fully saturated rings. The van der Waals surface area contributed by atoms with E-state index in [-0.39, 0.29) is 18.2 Å². The van der Waals surface area contributed by atoms with E-state index < -0.39 is 12.0 Å². The summed E-state index contributed by atoms with van der Waals surface area (Å²) in [6, 6.07) is 0. The molecule has 2 N–H and O–H groups in total. The molecule has 162 valence electrons. The van der Waals surface area contributed by atoms with E-state index in [1.54, 1.807) is 6.92 Å². The lowest BCUT2D eigenvalue weighted by Crippen LogP contribution is -2.25. The molecule has 0 bridgehead atoms. The Balaban J connectivity index is 1.99. The zero-order valence-electron chi connectivity index (χ0n) is 18.3. The molecule has 1 aliphatic rings. The van der Waals surface area contributed by atoms with E-state index in [1.807, 2.05) is 6.08 Å². The minimum Gasteiger partial charge on any atom is -0.389 e. The minimum absolute atomic E-state index is 0.175. The van der Waals surface area contributed by atoms with Crippen molar-refractivity contribution in [3.8, 4) is 0 Å². The summed E-state index contributed by atoms with van der Waals surface area (Å²) in [6.45, 7) is 3.94. The molecule has 0 saturated carbocycles. The van der Waals surface area contributed by atoms with Crippen molar-refractivity contribution in [2.75, 3.05) is 0 Å². The molecular weight excluding hydrogens is 350 g/mol. The van der Waals surface area contributed by atoms with E-state index in [0.29, 0.717) is 5.57 Å². The number of nitrogens with one attached hydrogen (secondary N) is 1. The Bertz CT molecular complexity index is 470. The summed E-state index contributed by atoms with van der Waals surface area (Å²) in [5, 5.41) is 12.3. The maximum absolute atomic E-state index is 11.8. The Morgan fingerprint density at radius 3 is 1.79 bits per heavy atom. The first-order valence-electron chi connectivity index (χ1n) is 11.8. The zero-order chi connectivity index (χ0) is 20.6. The Morgan fingerprint density at radius 2 is 1.39 bits per heavy atom. The molecule has 0 aromatic heterocycles. The molecule has 1 saturated heterocycles. The van der Waals surface area contributed by atoms with Gasteiger partial charge in [0, 0.05) is 6.42 Å². The van der Waals surface area contributed by atoms with Crippen molar-refractivity contribution in [3.05, 3.63) is 11.6 Å². The van der Waals surface area contributed by atoms with Crippen molar-refractivity contribution in [2.45, 2.75) is 123 Å². The number of carbonyl (C=O) groups excluding carboxylic acids is 2. The van der Waals surface area contributed by atoms with Gasteiger partial charge in [-0.15, -0.1) is 0 Å². The smallest absolute Gasteiger partial charge is 0.234 e. The molecule has 2 unspecified atom stereocenters. The van der Waals surface area contributed by atoms with Crippen LogP contribution in [-0.4, -0.2) is 23.0 Å². The van der Waals surface area contributed by atoms with Crippen LogP contribution in [0.1, 0.15) is 117 Å². The fourth-order valence-corrected chi connectivity index (χ4v) is 4.03. The van der Waals surface area contributed by atoms with E-state index >= 15 is 0 Å². The molecule has 0 spiro atoms. The van der Waals surface area contributed by atoms with Crippen LogP contribution in [0, 0.1) is 5.92 Å². The van der Waals surface area contributed by atoms with Crippen molar-refractivity contribution in [1.82, 2.24) is 5.32 Å². The van der Waals surface area contributed by atoms with Gasteiger partial charge >= 0.3 is 0 Å². The average molecular weight is 394 g/mol. The summed E-state index contributed by atoms with van der Waals surface area (Å²) in [4.78, 5) is 23.2. The van der Waals surface area contributed by atoms with Crippen molar-refractivity contribution in [2.24, 2.45) is 5.92 Å². The number of allylic oxidation sites excluding steroid dienone is 1. The normalized spacial score (nSPS) is 18.5. The van der Waals surface area contributed by atoms with Crippen LogP contribution in [0.4, 0.5) is 0 Å². The summed E-state index contributed by atoms with van der Waals surface area (Å²) in [5.74, 6) is -0.977. The molecule has 1 heterocycles. The Kier molecular flexibility index (Phi) is 14.0. The van der Waals surface area contributed by atoms with Gasteiger partial charge in [-0.3, -0.25) is 14.9 Å². The maximum atomic E-state index is 11.8. The fourth-order valence-electron chi connectivity index (χ4n) is 4.03. The molecular formula is C24H43NO3. The third-order valence-electron chi connectivity index (χ3n) is 5.79. The van der Waals surface area contributed by atoms with Crippen LogP contribution in [0.25, 0.3) is 0 Å². The van der Waals surface area contributed by atoms with Crippen LogP contribution in [0.15, 0.2) is 11.6 Å². The summed E-state index contributed by atoms with van der Waals surface area (Å²) < 4.78 is 0. The number of aliphatic hydroxyl groups excluding tert-OH is 1. The topological polar surface area (TPSA) is 66.4 Å². The number of rotatable bonds is 17. The Labute approximate surface area is 172 Å². The van der Waals surface area contributed by atoms with Gasteiger partial charge in [0.1, 0.15) is 0 Å². The lowest BCUT2D eigenvalue weighted by molar-refractivity contribution is -0.125. The highest BCUT2D eigenvalue weighted by molar-refractivity contribution is 6.04. The first-order chi connectivity index (χ1) is 13.6. The minimum atomic E-state index is -0.673. The van der Waals surface area contributed by atoms with Crippen molar-refractivity contribution >= 4 is 11.8 Å². The van der Waals surface area contributed by atoms with Gasteiger partial charge in [-0.25, -0.2) is 0 Å². The van der Waals surface area contributed by atoms with Crippen LogP contribution < -0.4 is 5.32 Å². The Hall–Kier alpha value is -1.16. The highest BCUT2D eigenvalue weighted by Crippen LogP contribution is 2.24. The third-order valence-corrected chi connectivity index (χ3v) is 5.79. The molecule has 4 nitrogen and oxygen atoms in total. The standard InChI is InChI=1S/C24H43NO3/c1-3-4-5-6-7-8-9-10-11-12-13-14-15-16-17-18-21(20(2)26)22-19-23(27)25-24(22)28/h18,20,22,26H,3-17,19H2,1-2H3,(H,25,27,28). The van der Waals surface area contributed by atoms with Crippen molar-refractivity contribution in [3.63, 3.8) is 0 Å². The molecule has 0 radical (unpaired) electrons. The van der Waals surface area contributed by atoms with E-state index in [4.69, 9.17) is 0 Å². The Morgan fingerprint density at radius 1 is 0.929 bits per heavy atom. The van der Waals surface area contributed by atoms with Crippen LogP contribution >= 0.6 is 0 Å². The number of hydrogen-bond acceptors (Lipinski definition) is 3. The van der Waals surface area contributed by atoms with Gasteiger partial charge in [0.25, 0.3) is 0 Å². The SMILES string of the molecule is CCCCCCCCCCCCCCCCC=C(C(C)O)C1CC(=O)NC1=O. The highest BCUT2D eigenvalue weighted by atomic mass is 16.3. The van der Waals surface area contributed by atoms with E-state index in [9.17, 15) is 14.7 Å². The quantitative estimate of drug-likeness (QED) is 0.186. The predicted molar refractivity (Wildman–Crippen MR) is 116 cm³/mol. The van der Waals surface area contributed by atoms with E-state index in [0.717, 1.165) is 12.8 Å². The first kappa shape index (κ1) is 24.9. The van der Waals surface area contributed by atoms with Crippen LogP contribution in [0.5, 0.6) is 0 Å². The predicted octanol–water partition coefficient (Wildman–Crippen LogP) is 5.83. The van der Waals surface area contributed by atoms with Gasteiger partial charge in [-0.1, -0.05) is 96.5 Å². The van der Waals surface area contributed by atoms with E-state index in [2.05, 4.69) is 12.2 Å². The number of hydrogen-bond donors (Lipinski definition) is 2. The van der Waals surface area contributed by atoms with Crippen LogP contribution in [0.2, 0.25) is 0 Å². The van der Waals surface area contributed by atoms with Crippen molar-refractivity contribution in [1.29, 1.82) is 0 Å². The summed E-state index contributed by atoms with van der Waals surface area (Å²) in [6.07, 6.45) is 21.1. The summed E-state index contributed by atoms with van der Waals surface area (Å²) in [7, 11) is 0. The zero-order valence-corrected chi connectivity index (χ0v) is 18.3. The van der Waals surface area contributed by atoms with Gasteiger partial charge in [0.05, 0.1) is 12.0 Å². The second-order valence-corrected chi connectivity index (χ2v) is 8.43. The number of amides is 2. The average Bonchev–Trinajstić information content (AvgIpc) is 2.99. The van der Waals surface area contributed by atoms with Gasteiger partial charge < -0.3 is 5.11 Å². The molecule has 2 atom stereocenters. The second kappa shape index (κ2) is 15.7. The molecule has 28 heavy (non-hydrogen) atoms. The molecule has 1 aliphatic heterocycles. The molecule has 0 aliphatic carbocycles. The van der Waals surface area contributed by atoms with Gasteiger partial charge in [0.2, 0.25) is 11.8 Å². The number of carbonyl (C=O) groups is 2. The number of imide groups is 1. The van der Waals surface area contributed by atoms with Crippen LogP contribution in [-0.2, 0) is 9.59 Å². The largest absolute Gasteiger partial charge is 0.389 e. The number of unbranched alkanes of at least 4 members (excludes halogenated alkanes) is 14. The monoisotopic (exact) mass is 393 g/mol. The highest BCUT2D eigenvalue weighted by Gasteiger charge is 2.34. The summed E-state index contributed by atoms with van der Waals surface area (Å²) in [5.41, 5.74) is 0.707. The van der Waals surface area contributed by atoms with Gasteiger partial charge in [-0.2, -0.15) is 0 Å². The lowest BCUT2D eigenvalue weighted by Gasteiger charge is -2.15. The van der Waals surface area contributed by atoms with E-state index in [1.165, 1.54) is 83.5 Å². The lowest BCUT2D eigenvalue weighted by atomic mass is 9.92. The van der Waals surface area contributed by atoms with Crippen LogP contribution in [0.3, 0.4) is 0 Å². The third kappa shape index (κ3) is 11.0. The molecule has 0 aromatic carbocycles. The molecule has 4 heteroatoms.